The molecule has 2 aromatic heterocycles. The molecule has 0 fully saturated rings. The lowest BCUT2D eigenvalue weighted by Crippen LogP contribution is -1.92. The van der Waals surface area contributed by atoms with Crippen LogP contribution in [0.15, 0.2) is 30.6 Å². The number of aromatic nitrogens is 4. The molecule has 0 amide bonds. The Morgan fingerprint density at radius 3 is 2.72 bits per heavy atom. The standard InChI is InChI=1S/C11H5Cl2FN4/c12-8-3-6(14)1-2-7(8)11-17-16-10-4-9(13)15-5-18(10)11/h1-5H. The van der Waals surface area contributed by atoms with Crippen molar-refractivity contribution in [3.63, 3.8) is 0 Å². The van der Waals surface area contributed by atoms with Crippen molar-refractivity contribution in [2.75, 3.05) is 0 Å². The molecule has 0 aliphatic heterocycles. The molecule has 0 aliphatic carbocycles. The highest BCUT2D eigenvalue weighted by molar-refractivity contribution is 6.33. The minimum Gasteiger partial charge on any atom is -0.265 e. The summed E-state index contributed by atoms with van der Waals surface area (Å²) in [5.74, 6) is 0.0814. The number of benzene rings is 1. The number of halogens is 3. The highest BCUT2D eigenvalue weighted by atomic mass is 35.5. The van der Waals surface area contributed by atoms with Crippen molar-refractivity contribution in [1.29, 1.82) is 0 Å². The second kappa shape index (κ2) is 4.19. The molecule has 0 unspecified atom stereocenters. The molecule has 1 aromatic carbocycles. The molecular formula is C11H5Cl2FN4. The Labute approximate surface area is 111 Å². The molecular weight excluding hydrogens is 278 g/mol. The van der Waals surface area contributed by atoms with Gasteiger partial charge in [0.15, 0.2) is 11.5 Å². The summed E-state index contributed by atoms with van der Waals surface area (Å²) in [4.78, 5) is 3.94. The van der Waals surface area contributed by atoms with Crippen LogP contribution in [-0.2, 0) is 0 Å². The lowest BCUT2D eigenvalue weighted by atomic mass is 10.2. The third kappa shape index (κ3) is 1.81. The second-order valence-corrected chi connectivity index (χ2v) is 4.38. The van der Waals surface area contributed by atoms with Gasteiger partial charge >= 0.3 is 0 Å². The van der Waals surface area contributed by atoms with Crippen LogP contribution in [0.25, 0.3) is 17.0 Å². The largest absolute Gasteiger partial charge is 0.265 e. The maximum atomic E-state index is 13.0. The van der Waals surface area contributed by atoms with Gasteiger partial charge in [0.2, 0.25) is 0 Å². The fourth-order valence-corrected chi connectivity index (χ4v) is 2.02. The first-order valence-corrected chi connectivity index (χ1v) is 5.72. The van der Waals surface area contributed by atoms with E-state index >= 15 is 0 Å². The average Bonchev–Trinajstić information content (AvgIpc) is 2.72. The summed E-state index contributed by atoms with van der Waals surface area (Å²) in [6.45, 7) is 0. The Bertz CT molecular complexity index is 741. The van der Waals surface area contributed by atoms with Gasteiger partial charge in [-0.3, -0.25) is 4.40 Å². The van der Waals surface area contributed by atoms with E-state index < -0.39 is 5.82 Å². The van der Waals surface area contributed by atoms with Crippen LogP contribution in [-0.4, -0.2) is 19.6 Å². The Morgan fingerprint density at radius 2 is 1.94 bits per heavy atom. The minimum absolute atomic E-state index is 0.263. The molecule has 0 radical (unpaired) electrons. The highest BCUT2D eigenvalue weighted by Gasteiger charge is 2.12. The van der Waals surface area contributed by atoms with E-state index in [2.05, 4.69) is 15.2 Å². The molecule has 90 valence electrons. The monoisotopic (exact) mass is 282 g/mol. The van der Waals surface area contributed by atoms with Crippen molar-refractivity contribution >= 4 is 28.8 Å². The zero-order valence-corrected chi connectivity index (χ0v) is 10.3. The molecule has 0 spiro atoms. The molecule has 2 heterocycles. The minimum atomic E-state index is -0.404. The zero-order valence-electron chi connectivity index (χ0n) is 8.81. The first kappa shape index (κ1) is 11.4. The van der Waals surface area contributed by atoms with Crippen LogP contribution in [0.5, 0.6) is 0 Å². The number of hydrogen-bond donors (Lipinski definition) is 0. The fraction of sp³-hybridized carbons (Fsp3) is 0. The smallest absolute Gasteiger partial charge is 0.171 e. The second-order valence-electron chi connectivity index (χ2n) is 3.59. The van der Waals surface area contributed by atoms with Gasteiger partial charge in [-0.15, -0.1) is 10.2 Å². The lowest BCUT2D eigenvalue weighted by molar-refractivity contribution is 0.628. The summed E-state index contributed by atoms with van der Waals surface area (Å²) in [7, 11) is 0. The maximum Gasteiger partial charge on any atom is 0.171 e. The maximum absolute atomic E-state index is 13.0. The van der Waals surface area contributed by atoms with Gasteiger partial charge < -0.3 is 0 Å². The van der Waals surface area contributed by atoms with E-state index in [1.807, 2.05) is 0 Å². The summed E-state index contributed by atoms with van der Waals surface area (Å²) in [6.07, 6.45) is 1.49. The van der Waals surface area contributed by atoms with Crippen LogP contribution < -0.4 is 0 Å². The predicted octanol–water partition coefficient (Wildman–Crippen LogP) is 3.24. The van der Waals surface area contributed by atoms with Gasteiger partial charge in [-0.1, -0.05) is 23.2 Å². The summed E-state index contributed by atoms with van der Waals surface area (Å²) in [5, 5.41) is 8.55. The lowest BCUT2D eigenvalue weighted by Gasteiger charge is -2.02. The number of fused-ring (bicyclic) bond motifs is 1. The van der Waals surface area contributed by atoms with Crippen molar-refractivity contribution in [2.24, 2.45) is 0 Å². The highest BCUT2D eigenvalue weighted by Crippen LogP contribution is 2.27. The third-order valence-corrected chi connectivity index (χ3v) is 2.96. The Morgan fingerprint density at radius 1 is 1.11 bits per heavy atom. The number of rotatable bonds is 1. The summed E-state index contributed by atoms with van der Waals surface area (Å²) in [6, 6.07) is 5.66. The van der Waals surface area contributed by atoms with Crippen LogP contribution in [0.1, 0.15) is 0 Å². The number of nitrogens with zero attached hydrogens (tertiary/aromatic N) is 4. The molecule has 18 heavy (non-hydrogen) atoms. The van der Waals surface area contributed by atoms with Crippen LogP contribution in [0.2, 0.25) is 10.2 Å². The average molecular weight is 283 g/mol. The van der Waals surface area contributed by atoms with Gasteiger partial charge in [0.1, 0.15) is 17.3 Å². The molecule has 4 nitrogen and oxygen atoms in total. The summed E-state index contributed by atoms with van der Waals surface area (Å²) in [5.41, 5.74) is 1.13. The quantitative estimate of drug-likeness (QED) is 0.644. The van der Waals surface area contributed by atoms with Gasteiger partial charge in [0.25, 0.3) is 0 Å². The van der Waals surface area contributed by atoms with Crippen molar-refractivity contribution in [2.45, 2.75) is 0 Å². The molecule has 3 rings (SSSR count). The molecule has 0 N–H and O–H groups in total. The van der Waals surface area contributed by atoms with E-state index in [0.717, 1.165) is 0 Å². The van der Waals surface area contributed by atoms with E-state index in [9.17, 15) is 4.39 Å². The molecule has 0 saturated heterocycles. The van der Waals surface area contributed by atoms with Crippen molar-refractivity contribution in [1.82, 2.24) is 19.6 Å². The van der Waals surface area contributed by atoms with Gasteiger partial charge in [-0.2, -0.15) is 0 Å². The molecule has 0 aliphatic rings. The molecule has 0 atom stereocenters. The topological polar surface area (TPSA) is 43.1 Å². The van der Waals surface area contributed by atoms with Crippen LogP contribution in [0.3, 0.4) is 0 Å². The Hall–Kier alpha value is -1.72. The predicted molar refractivity (Wildman–Crippen MR) is 66.2 cm³/mol. The summed E-state index contributed by atoms with van der Waals surface area (Å²) < 4.78 is 14.6. The van der Waals surface area contributed by atoms with Gasteiger partial charge in [-0.05, 0) is 18.2 Å². The van der Waals surface area contributed by atoms with Crippen molar-refractivity contribution in [3.05, 3.63) is 46.6 Å². The molecule has 7 heteroatoms. The van der Waals surface area contributed by atoms with E-state index in [-0.39, 0.29) is 5.02 Å². The third-order valence-electron chi connectivity index (χ3n) is 2.44. The van der Waals surface area contributed by atoms with Gasteiger partial charge in [0.05, 0.1) is 5.02 Å². The van der Waals surface area contributed by atoms with E-state index in [1.165, 1.54) is 18.5 Å². The van der Waals surface area contributed by atoms with Crippen LogP contribution in [0.4, 0.5) is 4.39 Å². The van der Waals surface area contributed by atoms with Crippen molar-refractivity contribution in [3.8, 4) is 11.4 Å². The summed E-state index contributed by atoms with van der Waals surface area (Å²) >= 11 is 11.7. The van der Waals surface area contributed by atoms with E-state index in [1.54, 1.807) is 16.5 Å². The van der Waals surface area contributed by atoms with E-state index in [4.69, 9.17) is 23.2 Å². The van der Waals surface area contributed by atoms with Crippen LogP contribution in [0, 0.1) is 5.82 Å². The van der Waals surface area contributed by atoms with Gasteiger partial charge in [-0.25, -0.2) is 9.37 Å². The first-order chi connectivity index (χ1) is 8.65. The van der Waals surface area contributed by atoms with Crippen LogP contribution >= 0.6 is 23.2 Å². The zero-order chi connectivity index (χ0) is 12.7. The fourth-order valence-electron chi connectivity index (χ4n) is 1.63. The van der Waals surface area contributed by atoms with E-state index in [0.29, 0.717) is 22.2 Å². The first-order valence-electron chi connectivity index (χ1n) is 4.97. The van der Waals surface area contributed by atoms with Gasteiger partial charge in [0, 0.05) is 11.6 Å². The molecule has 3 aromatic rings. The molecule has 0 bridgehead atoms. The normalized spacial score (nSPS) is 11.1. The van der Waals surface area contributed by atoms with Crippen molar-refractivity contribution < 1.29 is 4.39 Å². The number of hydrogen-bond acceptors (Lipinski definition) is 3. The SMILES string of the molecule is Fc1ccc(-c2nnc3cc(Cl)ncn23)c(Cl)c1. The Kier molecular flexibility index (Phi) is 2.65. The Balaban J connectivity index is 2.25. The molecule has 0 saturated carbocycles.